The summed E-state index contributed by atoms with van der Waals surface area (Å²) in [5, 5.41) is 6.98. The fourth-order valence-electron chi connectivity index (χ4n) is 2.63. The standard InChI is InChI=1S/C17H18N2OS/c1-3-18-15(14-8-5-10-19-17(14)20-2)13-7-4-6-12-9-11-21-16(12)13/h4-11,15,18H,3H2,1-2H3. The van der Waals surface area contributed by atoms with Gasteiger partial charge in [-0.3, -0.25) is 0 Å². The van der Waals surface area contributed by atoms with E-state index >= 15 is 0 Å². The van der Waals surface area contributed by atoms with Gasteiger partial charge in [-0.05, 0) is 35.0 Å². The van der Waals surface area contributed by atoms with E-state index in [1.165, 1.54) is 15.6 Å². The third kappa shape index (κ3) is 2.64. The molecular weight excluding hydrogens is 280 g/mol. The lowest BCUT2D eigenvalue weighted by Crippen LogP contribution is -2.22. The number of hydrogen-bond donors (Lipinski definition) is 1. The maximum absolute atomic E-state index is 5.44. The number of pyridine rings is 1. The Kier molecular flexibility index (Phi) is 4.18. The number of fused-ring (bicyclic) bond motifs is 1. The molecule has 2 aromatic heterocycles. The van der Waals surface area contributed by atoms with Crippen molar-refractivity contribution in [2.24, 2.45) is 0 Å². The van der Waals surface area contributed by atoms with Crippen LogP contribution in [0.2, 0.25) is 0 Å². The van der Waals surface area contributed by atoms with E-state index < -0.39 is 0 Å². The Bertz CT molecular complexity index is 738. The van der Waals surface area contributed by atoms with Gasteiger partial charge in [0.25, 0.3) is 0 Å². The Morgan fingerprint density at radius 3 is 2.86 bits per heavy atom. The van der Waals surface area contributed by atoms with E-state index in [4.69, 9.17) is 4.74 Å². The van der Waals surface area contributed by atoms with Gasteiger partial charge < -0.3 is 10.1 Å². The third-order valence-electron chi connectivity index (χ3n) is 3.53. The fourth-order valence-corrected chi connectivity index (χ4v) is 3.57. The maximum Gasteiger partial charge on any atom is 0.218 e. The average Bonchev–Trinajstić information content (AvgIpc) is 3.01. The molecule has 1 atom stereocenters. The van der Waals surface area contributed by atoms with Crippen molar-refractivity contribution in [3.8, 4) is 5.88 Å². The van der Waals surface area contributed by atoms with Gasteiger partial charge in [-0.2, -0.15) is 0 Å². The van der Waals surface area contributed by atoms with Crippen LogP contribution in [0.5, 0.6) is 5.88 Å². The summed E-state index contributed by atoms with van der Waals surface area (Å²) in [7, 11) is 1.67. The first-order chi connectivity index (χ1) is 10.3. The number of nitrogens with zero attached hydrogens (tertiary/aromatic N) is 1. The molecular formula is C17H18N2OS. The molecule has 0 aliphatic rings. The minimum absolute atomic E-state index is 0.0843. The molecule has 4 heteroatoms. The van der Waals surface area contributed by atoms with Crippen molar-refractivity contribution < 1.29 is 4.74 Å². The zero-order valence-corrected chi connectivity index (χ0v) is 13.0. The lowest BCUT2D eigenvalue weighted by atomic mass is 9.98. The molecule has 1 unspecified atom stereocenters. The average molecular weight is 298 g/mol. The van der Waals surface area contributed by atoms with E-state index in [0.717, 1.165) is 12.1 Å². The summed E-state index contributed by atoms with van der Waals surface area (Å²) in [6, 6.07) is 12.7. The van der Waals surface area contributed by atoms with Gasteiger partial charge in [0.1, 0.15) is 0 Å². The van der Waals surface area contributed by atoms with Crippen LogP contribution in [0.25, 0.3) is 10.1 Å². The molecule has 0 spiro atoms. The highest BCUT2D eigenvalue weighted by Crippen LogP contribution is 2.34. The Morgan fingerprint density at radius 2 is 2.05 bits per heavy atom. The second-order valence-corrected chi connectivity index (χ2v) is 5.69. The van der Waals surface area contributed by atoms with Gasteiger partial charge in [-0.15, -0.1) is 11.3 Å². The SMILES string of the molecule is CCNC(c1cccnc1OC)c1cccc2ccsc12. The highest BCUT2D eigenvalue weighted by Gasteiger charge is 2.20. The van der Waals surface area contributed by atoms with Crippen molar-refractivity contribution in [3.05, 3.63) is 59.1 Å². The number of aromatic nitrogens is 1. The van der Waals surface area contributed by atoms with Crippen LogP contribution in [0.3, 0.4) is 0 Å². The first-order valence-electron chi connectivity index (χ1n) is 7.03. The summed E-state index contributed by atoms with van der Waals surface area (Å²) in [5.74, 6) is 0.678. The second-order valence-electron chi connectivity index (χ2n) is 4.78. The van der Waals surface area contributed by atoms with E-state index in [1.54, 1.807) is 24.6 Å². The zero-order valence-electron chi connectivity index (χ0n) is 12.2. The smallest absolute Gasteiger partial charge is 0.218 e. The highest BCUT2D eigenvalue weighted by molar-refractivity contribution is 7.17. The molecule has 0 fully saturated rings. The van der Waals surface area contributed by atoms with Gasteiger partial charge in [0.15, 0.2) is 0 Å². The summed E-state index contributed by atoms with van der Waals surface area (Å²) >= 11 is 1.78. The van der Waals surface area contributed by atoms with Crippen LogP contribution < -0.4 is 10.1 Å². The van der Waals surface area contributed by atoms with E-state index in [0.29, 0.717) is 5.88 Å². The van der Waals surface area contributed by atoms with Gasteiger partial charge in [0.05, 0.1) is 13.2 Å². The van der Waals surface area contributed by atoms with Crippen LogP contribution >= 0.6 is 11.3 Å². The van der Waals surface area contributed by atoms with E-state index in [2.05, 4.69) is 52.9 Å². The molecule has 0 aliphatic carbocycles. The van der Waals surface area contributed by atoms with E-state index in [-0.39, 0.29) is 6.04 Å². The van der Waals surface area contributed by atoms with Crippen LogP contribution in [0.15, 0.2) is 48.0 Å². The molecule has 108 valence electrons. The molecule has 0 saturated carbocycles. The van der Waals surface area contributed by atoms with Crippen LogP contribution in [0.4, 0.5) is 0 Å². The summed E-state index contributed by atoms with van der Waals surface area (Å²) < 4.78 is 6.75. The van der Waals surface area contributed by atoms with Crippen molar-refractivity contribution >= 4 is 21.4 Å². The molecule has 21 heavy (non-hydrogen) atoms. The maximum atomic E-state index is 5.44. The molecule has 0 bridgehead atoms. The van der Waals surface area contributed by atoms with Crippen LogP contribution in [0.1, 0.15) is 24.1 Å². The molecule has 0 amide bonds. The van der Waals surface area contributed by atoms with Crippen LogP contribution in [0, 0.1) is 0 Å². The lowest BCUT2D eigenvalue weighted by Gasteiger charge is -2.21. The third-order valence-corrected chi connectivity index (χ3v) is 4.51. The van der Waals surface area contributed by atoms with Gasteiger partial charge in [0.2, 0.25) is 5.88 Å². The predicted molar refractivity (Wildman–Crippen MR) is 88.1 cm³/mol. The van der Waals surface area contributed by atoms with Gasteiger partial charge >= 0.3 is 0 Å². The Morgan fingerprint density at radius 1 is 1.19 bits per heavy atom. The van der Waals surface area contributed by atoms with Crippen molar-refractivity contribution in [1.82, 2.24) is 10.3 Å². The molecule has 3 nitrogen and oxygen atoms in total. The van der Waals surface area contributed by atoms with Crippen molar-refractivity contribution in [2.45, 2.75) is 13.0 Å². The topological polar surface area (TPSA) is 34.2 Å². The van der Waals surface area contributed by atoms with Gasteiger partial charge in [-0.25, -0.2) is 4.98 Å². The number of benzene rings is 1. The summed E-state index contributed by atoms with van der Waals surface area (Å²) in [5.41, 5.74) is 2.35. The largest absolute Gasteiger partial charge is 0.481 e. The van der Waals surface area contributed by atoms with Crippen molar-refractivity contribution in [3.63, 3.8) is 0 Å². The van der Waals surface area contributed by atoms with E-state index in [9.17, 15) is 0 Å². The Balaban J connectivity index is 2.16. The van der Waals surface area contributed by atoms with Gasteiger partial charge in [0, 0.05) is 16.5 Å². The fraction of sp³-hybridized carbons (Fsp3) is 0.235. The minimum Gasteiger partial charge on any atom is -0.481 e. The number of thiophene rings is 1. The second kappa shape index (κ2) is 6.24. The molecule has 3 rings (SSSR count). The van der Waals surface area contributed by atoms with E-state index in [1.807, 2.05) is 6.07 Å². The molecule has 3 aromatic rings. The zero-order chi connectivity index (χ0) is 14.7. The number of nitrogens with one attached hydrogen (secondary N) is 1. The number of ether oxygens (including phenoxy) is 1. The number of rotatable bonds is 5. The van der Waals surface area contributed by atoms with Crippen molar-refractivity contribution in [2.75, 3.05) is 13.7 Å². The minimum atomic E-state index is 0.0843. The van der Waals surface area contributed by atoms with Gasteiger partial charge in [-0.1, -0.05) is 31.2 Å². The monoisotopic (exact) mass is 298 g/mol. The summed E-state index contributed by atoms with van der Waals surface area (Å²) in [4.78, 5) is 4.33. The van der Waals surface area contributed by atoms with Crippen molar-refractivity contribution in [1.29, 1.82) is 0 Å². The normalized spacial score (nSPS) is 12.5. The molecule has 0 saturated heterocycles. The number of hydrogen-bond acceptors (Lipinski definition) is 4. The van der Waals surface area contributed by atoms with Crippen LogP contribution in [-0.2, 0) is 0 Å². The molecule has 0 aliphatic heterocycles. The quantitative estimate of drug-likeness (QED) is 0.773. The lowest BCUT2D eigenvalue weighted by molar-refractivity contribution is 0.387. The molecule has 1 N–H and O–H groups in total. The highest BCUT2D eigenvalue weighted by atomic mass is 32.1. The summed E-state index contributed by atoms with van der Waals surface area (Å²) in [6.07, 6.45) is 1.76. The number of methoxy groups -OCH3 is 1. The molecule has 1 aromatic carbocycles. The Labute approximate surface area is 128 Å². The molecule has 2 heterocycles. The van der Waals surface area contributed by atoms with Crippen LogP contribution in [-0.4, -0.2) is 18.6 Å². The first kappa shape index (κ1) is 14.0. The summed E-state index contributed by atoms with van der Waals surface area (Å²) in [6.45, 7) is 2.99. The Hall–Kier alpha value is -1.91. The predicted octanol–water partition coefficient (Wildman–Crippen LogP) is 4.00. The molecule has 0 radical (unpaired) electrons. The first-order valence-corrected chi connectivity index (χ1v) is 7.91.